The quantitative estimate of drug-likeness (QED) is 0.552. The SMILES string of the molecule is CNC(=O)c1cnc(Nc2ccccc2C)c(NC(=O)CC2CCc3ccccc32)c1. The Kier molecular flexibility index (Phi) is 5.98. The highest BCUT2D eigenvalue weighted by Gasteiger charge is 2.25. The summed E-state index contributed by atoms with van der Waals surface area (Å²) in [4.78, 5) is 29.5. The number of aromatic nitrogens is 1. The van der Waals surface area contributed by atoms with Crippen molar-refractivity contribution >= 4 is 29.0 Å². The minimum atomic E-state index is -0.254. The minimum Gasteiger partial charge on any atom is -0.355 e. The highest BCUT2D eigenvalue weighted by molar-refractivity contribution is 5.99. The zero-order valence-corrected chi connectivity index (χ0v) is 17.7. The van der Waals surface area contributed by atoms with Gasteiger partial charge in [0.05, 0.1) is 11.3 Å². The molecule has 0 radical (unpaired) electrons. The molecule has 0 aliphatic heterocycles. The Balaban J connectivity index is 1.57. The van der Waals surface area contributed by atoms with Crippen LogP contribution in [0.4, 0.5) is 17.2 Å². The van der Waals surface area contributed by atoms with E-state index in [0.717, 1.165) is 24.1 Å². The number of benzene rings is 2. The first kappa shape index (κ1) is 20.6. The molecule has 0 saturated carbocycles. The van der Waals surface area contributed by atoms with Gasteiger partial charge in [0.1, 0.15) is 0 Å². The van der Waals surface area contributed by atoms with Crippen molar-refractivity contribution in [3.8, 4) is 0 Å². The monoisotopic (exact) mass is 414 g/mol. The van der Waals surface area contributed by atoms with Crippen LogP contribution < -0.4 is 16.0 Å². The van der Waals surface area contributed by atoms with Crippen molar-refractivity contribution in [1.82, 2.24) is 10.3 Å². The minimum absolute atomic E-state index is 0.0922. The molecule has 1 heterocycles. The fourth-order valence-corrected chi connectivity index (χ4v) is 4.05. The molecule has 1 aromatic heterocycles. The highest BCUT2D eigenvalue weighted by atomic mass is 16.2. The number of para-hydroxylation sites is 1. The summed E-state index contributed by atoms with van der Waals surface area (Å²) < 4.78 is 0. The lowest BCUT2D eigenvalue weighted by Crippen LogP contribution is -2.20. The number of fused-ring (bicyclic) bond motifs is 1. The van der Waals surface area contributed by atoms with Gasteiger partial charge in [-0.05, 0) is 54.5 Å². The van der Waals surface area contributed by atoms with E-state index in [9.17, 15) is 9.59 Å². The van der Waals surface area contributed by atoms with E-state index in [0.29, 0.717) is 23.5 Å². The Labute approximate surface area is 182 Å². The normalized spacial score (nSPS) is 14.6. The summed E-state index contributed by atoms with van der Waals surface area (Å²) in [6.07, 6.45) is 3.87. The summed E-state index contributed by atoms with van der Waals surface area (Å²) in [5, 5.41) is 8.86. The van der Waals surface area contributed by atoms with Gasteiger partial charge in [-0.25, -0.2) is 4.98 Å². The van der Waals surface area contributed by atoms with E-state index in [-0.39, 0.29) is 17.7 Å². The molecule has 31 heavy (non-hydrogen) atoms. The number of amides is 2. The molecule has 6 nitrogen and oxygen atoms in total. The van der Waals surface area contributed by atoms with Gasteiger partial charge >= 0.3 is 0 Å². The maximum Gasteiger partial charge on any atom is 0.252 e. The van der Waals surface area contributed by atoms with Crippen molar-refractivity contribution in [3.63, 3.8) is 0 Å². The van der Waals surface area contributed by atoms with E-state index in [1.54, 1.807) is 13.1 Å². The molecule has 1 aliphatic rings. The van der Waals surface area contributed by atoms with Crippen LogP contribution in [0.15, 0.2) is 60.8 Å². The second-order valence-electron chi connectivity index (χ2n) is 7.83. The van der Waals surface area contributed by atoms with Gasteiger partial charge in [-0.1, -0.05) is 42.5 Å². The van der Waals surface area contributed by atoms with E-state index in [4.69, 9.17) is 0 Å². The van der Waals surface area contributed by atoms with Crippen molar-refractivity contribution in [3.05, 3.63) is 83.0 Å². The van der Waals surface area contributed by atoms with E-state index < -0.39 is 0 Å². The third-order valence-corrected chi connectivity index (χ3v) is 5.74. The molecule has 3 N–H and O–H groups in total. The summed E-state index contributed by atoms with van der Waals surface area (Å²) in [6, 6.07) is 17.8. The summed E-state index contributed by atoms with van der Waals surface area (Å²) in [5.41, 5.74) is 5.40. The van der Waals surface area contributed by atoms with Crippen LogP contribution in [0.1, 0.15) is 45.8 Å². The maximum atomic E-state index is 12.9. The fraction of sp³-hybridized carbons (Fsp3) is 0.240. The lowest BCUT2D eigenvalue weighted by molar-refractivity contribution is -0.116. The predicted molar refractivity (Wildman–Crippen MR) is 123 cm³/mol. The molecule has 1 aliphatic carbocycles. The van der Waals surface area contributed by atoms with Crippen molar-refractivity contribution in [2.24, 2.45) is 0 Å². The molecule has 4 rings (SSSR count). The molecule has 3 aromatic rings. The van der Waals surface area contributed by atoms with Crippen molar-refractivity contribution < 1.29 is 9.59 Å². The van der Waals surface area contributed by atoms with Crippen LogP contribution in [0.5, 0.6) is 0 Å². The van der Waals surface area contributed by atoms with Gasteiger partial charge in [0.25, 0.3) is 5.91 Å². The molecule has 0 spiro atoms. The first-order chi connectivity index (χ1) is 15.0. The lowest BCUT2D eigenvalue weighted by atomic mass is 9.97. The topological polar surface area (TPSA) is 83.1 Å². The largest absolute Gasteiger partial charge is 0.355 e. The van der Waals surface area contributed by atoms with Crippen molar-refractivity contribution in [1.29, 1.82) is 0 Å². The van der Waals surface area contributed by atoms with E-state index in [2.05, 4.69) is 33.1 Å². The number of hydrogen-bond donors (Lipinski definition) is 3. The summed E-state index contributed by atoms with van der Waals surface area (Å²) in [5.74, 6) is 0.363. The second-order valence-corrected chi connectivity index (χ2v) is 7.83. The third-order valence-electron chi connectivity index (χ3n) is 5.74. The van der Waals surface area contributed by atoms with Gasteiger partial charge in [-0.2, -0.15) is 0 Å². The average molecular weight is 415 g/mol. The predicted octanol–water partition coefficient (Wildman–Crippen LogP) is 4.55. The van der Waals surface area contributed by atoms with E-state index >= 15 is 0 Å². The number of anilines is 3. The van der Waals surface area contributed by atoms with Gasteiger partial charge in [0, 0.05) is 25.4 Å². The van der Waals surface area contributed by atoms with Crippen molar-refractivity contribution in [2.75, 3.05) is 17.7 Å². The van der Waals surface area contributed by atoms with Crippen LogP contribution >= 0.6 is 0 Å². The third kappa shape index (κ3) is 4.58. The number of pyridine rings is 1. The molecule has 1 atom stereocenters. The molecule has 1 unspecified atom stereocenters. The molecule has 0 bridgehead atoms. The number of nitrogens with one attached hydrogen (secondary N) is 3. The van der Waals surface area contributed by atoms with Gasteiger partial charge in [-0.15, -0.1) is 0 Å². The molecule has 0 saturated heterocycles. The summed E-state index contributed by atoms with van der Waals surface area (Å²) in [7, 11) is 1.57. The smallest absolute Gasteiger partial charge is 0.252 e. The number of carbonyl (C=O) groups excluding carboxylic acids is 2. The molecular weight excluding hydrogens is 388 g/mol. The van der Waals surface area contributed by atoms with Crippen molar-refractivity contribution in [2.45, 2.75) is 32.1 Å². The number of rotatable bonds is 6. The fourth-order valence-electron chi connectivity index (χ4n) is 4.05. The lowest BCUT2D eigenvalue weighted by Gasteiger charge is -2.16. The van der Waals surface area contributed by atoms with Crippen LogP contribution in [-0.4, -0.2) is 23.8 Å². The zero-order valence-electron chi connectivity index (χ0n) is 17.7. The number of nitrogens with zero attached hydrogens (tertiary/aromatic N) is 1. The highest BCUT2D eigenvalue weighted by Crippen LogP contribution is 2.35. The summed E-state index contributed by atoms with van der Waals surface area (Å²) in [6.45, 7) is 2.00. The Morgan fingerprint density at radius 2 is 1.84 bits per heavy atom. The number of hydrogen-bond acceptors (Lipinski definition) is 4. The first-order valence-corrected chi connectivity index (χ1v) is 10.5. The average Bonchev–Trinajstić information content (AvgIpc) is 3.18. The molecule has 2 amide bonds. The standard InChI is InChI=1S/C25H26N4O2/c1-16-7-3-6-10-21(16)29-24-22(13-19(15-27-24)25(31)26-2)28-23(30)14-18-12-11-17-8-4-5-9-20(17)18/h3-10,13,15,18H,11-12,14H2,1-2H3,(H,26,31)(H,27,29)(H,28,30). The maximum absolute atomic E-state index is 12.9. The molecule has 158 valence electrons. The van der Waals surface area contributed by atoms with E-state index in [1.807, 2.05) is 43.3 Å². The zero-order chi connectivity index (χ0) is 21.8. The number of carbonyl (C=O) groups is 2. The van der Waals surface area contributed by atoms with Gasteiger partial charge in [0.2, 0.25) is 5.91 Å². The van der Waals surface area contributed by atoms with Crippen LogP contribution in [0, 0.1) is 6.92 Å². The Hall–Kier alpha value is -3.67. The summed E-state index contributed by atoms with van der Waals surface area (Å²) >= 11 is 0. The number of aryl methyl sites for hydroxylation is 2. The second kappa shape index (κ2) is 9.00. The van der Waals surface area contributed by atoms with Crippen LogP contribution in [0.2, 0.25) is 0 Å². The van der Waals surface area contributed by atoms with Gasteiger partial charge in [-0.3, -0.25) is 9.59 Å². The van der Waals surface area contributed by atoms with Crippen LogP contribution in [0.3, 0.4) is 0 Å². The van der Waals surface area contributed by atoms with Gasteiger partial charge < -0.3 is 16.0 Å². The molecule has 6 heteroatoms. The Morgan fingerprint density at radius 3 is 2.65 bits per heavy atom. The van der Waals surface area contributed by atoms with E-state index in [1.165, 1.54) is 17.3 Å². The molecule has 2 aromatic carbocycles. The first-order valence-electron chi connectivity index (χ1n) is 10.5. The molecular formula is C25H26N4O2. The van der Waals surface area contributed by atoms with Crippen LogP contribution in [-0.2, 0) is 11.2 Å². The Bertz CT molecular complexity index is 1130. The van der Waals surface area contributed by atoms with Gasteiger partial charge in [0.15, 0.2) is 5.82 Å². The Morgan fingerprint density at radius 1 is 1.06 bits per heavy atom. The molecule has 0 fully saturated rings. The van der Waals surface area contributed by atoms with Crippen LogP contribution in [0.25, 0.3) is 0 Å².